The molecule has 0 fully saturated rings. The summed E-state index contributed by atoms with van der Waals surface area (Å²) >= 11 is 0. The summed E-state index contributed by atoms with van der Waals surface area (Å²) in [5, 5.41) is 9.24. The average molecular weight is 329 g/mol. The van der Waals surface area contributed by atoms with Crippen molar-refractivity contribution >= 4 is 16.0 Å². The molecule has 0 aliphatic carbocycles. The fourth-order valence-electron chi connectivity index (χ4n) is 2.19. The molecule has 1 aromatic carbocycles. The number of aryl methyl sites for hydroxylation is 1. The first-order valence-electron chi connectivity index (χ1n) is 6.91. The Morgan fingerprint density at radius 3 is 2.50 bits per heavy atom. The van der Waals surface area contributed by atoms with Crippen LogP contribution in [0.1, 0.15) is 25.8 Å². The quantitative estimate of drug-likeness (QED) is 0.820. The second-order valence-electron chi connectivity index (χ2n) is 5.29. The van der Waals surface area contributed by atoms with Gasteiger partial charge in [-0.15, -0.1) is 0 Å². The second kappa shape index (κ2) is 6.13. The zero-order valence-corrected chi connectivity index (χ0v) is 13.4. The van der Waals surface area contributed by atoms with Gasteiger partial charge in [-0.05, 0) is 24.5 Å². The SMILES string of the molecule is CCC(C)C(NS(=O)(=O)c1cc2c(cc1C)OCO2)C(=O)O. The van der Waals surface area contributed by atoms with Gasteiger partial charge < -0.3 is 14.6 Å². The van der Waals surface area contributed by atoms with Gasteiger partial charge in [0.15, 0.2) is 11.5 Å². The molecule has 2 unspecified atom stereocenters. The Kier molecular flexibility index (Phi) is 4.62. The number of nitrogens with one attached hydrogen (secondary N) is 1. The molecule has 0 saturated carbocycles. The Hall–Kier alpha value is -1.80. The van der Waals surface area contributed by atoms with Gasteiger partial charge in [0.2, 0.25) is 16.8 Å². The van der Waals surface area contributed by atoms with Crippen LogP contribution in [-0.2, 0) is 14.8 Å². The number of sulfonamides is 1. The van der Waals surface area contributed by atoms with E-state index < -0.39 is 22.0 Å². The zero-order valence-electron chi connectivity index (χ0n) is 12.6. The van der Waals surface area contributed by atoms with E-state index in [2.05, 4.69) is 4.72 Å². The number of ether oxygens (including phenoxy) is 2. The van der Waals surface area contributed by atoms with Crippen LogP contribution < -0.4 is 14.2 Å². The van der Waals surface area contributed by atoms with E-state index in [9.17, 15) is 18.3 Å². The molecule has 1 aliphatic rings. The number of carboxylic acid groups (broad SMARTS) is 1. The van der Waals surface area contributed by atoms with Crippen molar-refractivity contribution < 1.29 is 27.8 Å². The van der Waals surface area contributed by atoms with Crippen molar-refractivity contribution in [1.29, 1.82) is 0 Å². The van der Waals surface area contributed by atoms with Crippen LogP contribution in [-0.4, -0.2) is 32.3 Å². The van der Waals surface area contributed by atoms with Crippen LogP contribution in [0.25, 0.3) is 0 Å². The highest BCUT2D eigenvalue weighted by atomic mass is 32.2. The van der Waals surface area contributed by atoms with E-state index >= 15 is 0 Å². The summed E-state index contributed by atoms with van der Waals surface area (Å²) in [6, 6.07) is 1.74. The van der Waals surface area contributed by atoms with Crippen LogP contribution in [0.15, 0.2) is 17.0 Å². The molecular formula is C14H19NO6S. The number of carbonyl (C=O) groups is 1. The highest BCUT2D eigenvalue weighted by Crippen LogP contribution is 2.36. The maximum absolute atomic E-state index is 12.5. The molecule has 0 spiro atoms. The van der Waals surface area contributed by atoms with Crippen molar-refractivity contribution in [2.24, 2.45) is 5.92 Å². The Labute approximate surface area is 129 Å². The Morgan fingerprint density at radius 2 is 1.95 bits per heavy atom. The molecule has 1 aliphatic heterocycles. The molecule has 8 heteroatoms. The van der Waals surface area contributed by atoms with Crippen molar-refractivity contribution in [3.8, 4) is 11.5 Å². The summed E-state index contributed by atoms with van der Waals surface area (Å²) in [4.78, 5) is 11.3. The second-order valence-corrected chi connectivity index (χ2v) is 6.98. The van der Waals surface area contributed by atoms with Crippen LogP contribution in [0.3, 0.4) is 0 Å². The van der Waals surface area contributed by atoms with E-state index in [-0.39, 0.29) is 17.6 Å². The lowest BCUT2D eigenvalue weighted by Crippen LogP contribution is -2.45. The monoisotopic (exact) mass is 329 g/mol. The van der Waals surface area contributed by atoms with Gasteiger partial charge in [0.05, 0.1) is 4.90 Å². The molecule has 22 heavy (non-hydrogen) atoms. The topological polar surface area (TPSA) is 102 Å². The number of fused-ring (bicyclic) bond motifs is 1. The highest BCUT2D eigenvalue weighted by molar-refractivity contribution is 7.89. The smallest absolute Gasteiger partial charge is 0.322 e. The summed E-state index contributed by atoms with van der Waals surface area (Å²) in [5.74, 6) is -0.715. The Balaban J connectivity index is 2.36. The molecule has 1 aromatic rings. The minimum atomic E-state index is -3.98. The van der Waals surface area contributed by atoms with Crippen LogP contribution in [0.2, 0.25) is 0 Å². The van der Waals surface area contributed by atoms with Gasteiger partial charge in [0, 0.05) is 6.07 Å². The first-order chi connectivity index (χ1) is 10.3. The van der Waals surface area contributed by atoms with Gasteiger partial charge in [-0.1, -0.05) is 20.3 Å². The molecular weight excluding hydrogens is 310 g/mol. The van der Waals surface area contributed by atoms with Gasteiger partial charge in [0.25, 0.3) is 0 Å². The van der Waals surface area contributed by atoms with E-state index in [0.29, 0.717) is 23.5 Å². The first-order valence-corrected chi connectivity index (χ1v) is 8.40. The molecule has 2 atom stereocenters. The van der Waals surface area contributed by atoms with Crippen molar-refractivity contribution in [2.75, 3.05) is 6.79 Å². The molecule has 0 amide bonds. The third-order valence-corrected chi connectivity index (χ3v) is 5.30. The summed E-state index contributed by atoms with van der Waals surface area (Å²) in [5.41, 5.74) is 0.463. The normalized spacial score (nSPS) is 16.3. The number of hydrogen-bond acceptors (Lipinski definition) is 5. The van der Waals surface area contributed by atoms with E-state index in [1.165, 1.54) is 6.07 Å². The lowest BCUT2D eigenvalue weighted by atomic mass is 10.0. The van der Waals surface area contributed by atoms with E-state index in [1.54, 1.807) is 26.8 Å². The van der Waals surface area contributed by atoms with Gasteiger partial charge in [-0.25, -0.2) is 8.42 Å². The van der Waals surface area contributed by atoms with E-state index in [0.717, 1.165) is 0 Å². The van der Waals surface area contributed by atoms with Gasteiger partial charge in [-0.3, -0.25) is 4.79 Å². The molecule has 0 radical (unpaired) electrons. The first kappa shape index (κ1) is 16.6. The molecule has 7 nitrogen and oxygen atoms in total. The predicted molar refractivity (Wildman–Crippen MR) is 78.5 cm³/mol. The summed E-state index contributed by atoms with van der Waals surface area (Å²) in [6.07, 6.45) is 0.541. The maximum Gasteiger partial charge on any atom is 0.322 e. The minimum Gasteiger partial charge on any atom is -0.480 e. The van der Waals surface area contributed by atoms with Crippen LogP contribution in [0.5, 0.6) is 11.5 Å². The van der Waals surface area contributed by atoms with E-state index in [4.69, 9.17) is 9.47 Å². The zero-order chi connectivity index (χ0) is 16.5. The third kappa shape index (κ3) is 3.17. The van der Waals surface area contributed by atoms with Crippen LogP contribution in [0, 0.1) is 12.8 Å². The van der Waals surface area contributed by atoms with Crippen LogP contribution >= 0.6 is 0 Å². The van der Waals surface area contributed by atoms with E-state index in [1.807, 2.05) is 0 Å². The van der Waals surface area contributed by atoms with Crippen molar-refractivity contribution in [1.82, 2.24) is 4.72 Å². The molecule has 0 saturated heterocycles. The number of carboxylic acids is 1. The summed E-state index contributed by atoms with van der Waals surface area (Å²) in [6.45, 7) is 5.15. The van der Waals surface area contributed by atoms with Crippen molar-refractivity contribution in [3.05, 3.63) is 17.7 Å². The molecule has 2 rings (SSSR count). The van der Waals surface area contributed by atoms with Crippen molar-refractivity contribution in [2.45, 2.75) is 38.1 Å². The number of rotatable bonds is 6. The molecule has 2 N–H and O–H groups in total. The van der Waals surface area contributed by atoms with Gasteiger partial charge >= 0.3 is 5.97 Å². The summed E-state index contributed by atoms with van der Waals surface area (Å²) in [7, 11) is -3.98. The Bertz CT molecular complexity index is 685. The van der Waals surface area contributed by atoms with Crippen LogP contribution in [0.4, 0.5) is 0 Å². The number of hydrogen-bond donors (Lipinski definition) is 2. The molecule has 0 aromatic heterocycles. The minimum absolute atomic E-state index is 0.00805. The highest BCUT2D eigenvalue weighted by Gasteiger charge is 2.31. The lowest BCUT2D eigenvalue weighted by molar-refractivity contribution is -0.140. The largest absolute Gasteiger partial charge is 0.480 e. The molecule has 122 valence electrons. The average Bonchev–Trinajstić information content (AvgIpc) is 2.89. The Morgan fingerprint density at radius 1 is 1.36 bits per heavy atom. The number of benzene rings is 1. The van der Waals surface area contributed by atoms with Gasteiger partial charge in [-0.2, -0.15) is 4.72 Å². The van der Waals surface area contributed by atoms with Crippen molar-refractivity contribution in [3.63, 3.8) is 0 Å². The standard InChI is InChI=1S/C14H19NO6S/c1-4-8(2)13(14(16)17)15-22(18,19)12-6-11-10(5-9(12)3)20-7-21-11/h5-6,8,13,15H,4,7H2,1-3H3,(H,16,17). The maximum atomic E-state index is 12.5. The third-order valence-electron chi connectivity index (χ3n) is 3.72. The summed E-state index contributed by atoms with van der Waals surface area (Å²) < 4.78 is 37.7. The lowest BCUT2D eigenvalue weighted by Gasteiger charge is -2.20. The number of aliphatic carboxylic acids is 1. The molecule has 0 bridgehead atoms. The predicted octanol–water partition coefficient (Wildman–Crippen LogP) is 1.50. The fraction of sp³-hybridized carbons (Fsp3) is 0.500. The van der Waals surface area contributed by atoms with Gasteiger partial charge in [0.1, 0.15) is 6.04 Å². The molecule has 1 heterocycles. The fourth-order valence-corrected chi connectivity index (χ4v) is 3.73.